The highest BCUT2D eigenvalue weighted by molar-refractivity contribution is 5.37. The second kappa shape index (κ2) is 5.53. The normalized spacial score (nSPS) is 26.1. The molecular formula is C17H27N2O. The number of hydrogen-bond donors (Lipinski definition) is 1. The number of piperazine rings is 1. The minimum absolute atomic E-state index is 0.729. The average Bonchev–Trinajstić information content (AvgIpc) is 2.37. The Balaban J connectivity index is 1.60. The summed E-state index contributed by atoms with van der Waals surface area (Å²) in [5.41, 5.74) is 1.63. The van der Waals surface area contributed by atoms with Crippen LogP contribution >= 0.6 is 0 Å². The van der Waals surface area contributed by atoms with Crippen LogP contribution in [0.15, 0.2) is 23.4 Å². The molecule has 3 rings (SSSR count). The van der Waals surface area contributed by atoms with Crippen LogP contribution in [0.4, 0.5) is 0 Å². The third-order valence-electron chi connectivity index (χ3n) is 4.95. The molecule has 0 aromatic heterocycles. The smallest absolute Gasteiger partial charge is 0.0838 e. The first kappa shape index (κ1) is 14.2. The summed E-state index contributed by atoms with van der Waals surface area (Å²) in [6, 6.07) is 0.869. The van der Waals surface area contributed by atoms with Crippen molar-refractivity contribution < 1.29 is 5.11 Å². The second-order valence-corrected chi connectivity index (χ2v) is 6.84. The summed E-state index contributed by atoms with van der Waals surface area (Å²) in [6.07, 6.45) is 11.8. The molecule has 3 heteroatoms. The zero-order valence-electron chi connectivity index (χ0n) is 12.8. The van der Waals surface area contributed by atoms with E-state index in [9.17, 15) is 5.11 Å². The molecule has 0 amide bonds. The lowest BCUT2D eigenvalue weighted by atomic mass is 9.90. The maximum Gasteiger partial charge on any atom is 0.0838 e. The molecule has 1 saturated carbocycles. The van der Waals surface area contributed by atoms with Gasteiger partial charge in [-0.25, -0.2) is 0 Å². The first-order valence-electron chi connectivity index (χ1n) is 8.01. The van der Waals surface area contributed by atoms with Crippen molar-refractivity contribution in [2.24, 2.45) is 0 Å². The van der Waals surface area contributed by atoms with Crippen molar-refractivity contribution in [3.63, 3.8) is 0 Å². The van der Waals surface area contributed by atoms with Gasteiger partial charge in [0.15, 0.2) is 0 Å². The molecule has 0 bridgehead atoms. The molecule has 1 heterocycles. The molecule has 111 valence electrons. The third-order valence-corrected chi connectivity index (χ3v) is 4.95. The van der Waals surface area contributed by atoms with Gasteiger partial charge >= 0.3 is 0 Å². The summed E-state index contributed by atoms with van der Waals surface area (Å²) in [5.74, 6) is 0. The van der Waals surface area contributed by atoms with Gasteiger partial charge in [0.05, 0.1) is 5.60 Å². The molecule has 3 nitrogen and oxygen atoms in total. The molecule has 1 aliphatic heterocycles. The van der Waals surface area contributed by atoms with Gasteiger partial charge in [0.1, 0.15) is 0 Å². The number of hydrogen-bond acceptors (Lipinski definition) is 3. The summed E-state index contributed by atoms with van der Waals surface area (Å²) in [6.45, 7) is 8.37. The summed E-state index contributed by atoms with van der Waals surface area (Å²) in [4.78, 5) is 5.14. The largest absolute Gasteiger partial charge is 0.386 e. The van der Waals surface area contributed by atoms with Gasteiger partial charge < -0.3 is 10.0 Å². The van der Waals surface area contributed by atoms with E-state index in [0.717, 1.165) is 31.1 Å². The van der Waals surface area contributed by atoms with Crippen molar-refractivity contribution in [1.82, 2.24) is 9.80 Å². The van der Waals surface area contributed by atoms with Crippen LogP contribution in [0.1, 0.15) is 39.5 Å². The van der Waals surface area contributed by atoms with Crippen LogP contribution in [-0.2, 0) is 0 Å². The maximum atomic E-state index is 10.2. The molecule has 20 heavy (non-hydrogen) atoms. The highest BCUT2D eigenvalue weighted by Crippen LogP contribution is 2.29. The molecule has 0 atom stereocenters. The van der Waals surface area contributed by atoms with E-state index in [4.69, 9.17) is 0 Å². The Bertz CT molecular complexity index is 407. The quantitative estimate of drug-likeness (QED) is 0.856. The molecule has 0 unspecified atom stereocenters. The van der Waals surface area contributed by atoms with Crippen LogP contribution in [0, 0.1) is 6.42 Å². The lowest BCUT2D eigenvalue weighted by Crippen LogP contribution is -2.52. The lowest BCUT2D eigenvalue weighted by Gasteiger charge is -2.44. The number of nitrogens with zero attached hydrogens (tertiary/aromatic N) is 2. The van der Waals surface area contributed by atoms with Crippen LogP contribution < -0.4 is 0 Å². The minimum Gasteiger partial charge on any atom is -0.386 e. The molecule has 1 N–H and O–H groups in total. The standard InChI is InChI=1S/C17H27N2O/c1-17(2,20)14-5-3-8-16(13-14)19-11-9-18(10-12-19)15-6-4-7-15/h5,8,13,15,20H,3-4,6-7,9-12H2,1-2H3. The van der Waals surface area contributed by atoms with Crippen molar-refractivity contribution in [1.29, 1.82) is 0 Å². The lowest BCUT2D eigenvalue weighted by molar-refractivity contribution is 0.0747. The van der Waals surface area contributed by atoms with Crippen molar-refractivity contribution in [2.75, 3.05) is 26.2 Å². The maximum absolute atomic E-state index is 10.2. The van der Waals surface area contributed by atoms with Gasteiger partial charge in [-0.2, -0.15) is 0 Å². The second-order valence-electron chi connectivity index (χ2n) is 6.84. The highest BCUT2D eigenvalue weighted by atomic mass is 16.3. The fourth-order valence-corrected chi connectivity index (χ4v) is 3.33. The Hall–Kier alpha value is -0.800. The van der Waals surface area contributed by atoms with E-state index in [1.807, 2.05) is 13.8 Å². The topological polar surface area (TPSA) is 26.7 Å². The Kier molecular flexibility index (Phi) is 3.91. The van der Waals surface area contributed by atoms with Crippen LogP contribution in [0.3, 0.4) is 0 Å². The minimum atomic E-state index is -0.729. The molecule has 0 aromatic rings. The Morgan fingerprint density at radius 3 is 2.40 bits per heavy atom. The molecule has 1 radical (unpaired) electrons. The summed E-state index contributed by atoms with van der Waals surface area (Å²) < 4.78 is 0. The van der Waals surface area contributed by atoms with E-state index in [1.54, 1.807) is 0 Å². The molecule has 2 aliphatic carbocycles. The predicted octanol–water partition coefficient (Wildman–Crippen LogP) is 2.35. The Labute approximate surface area is 122 Å². The fourth-order valence-electron chi connectivity index (χ4n) is 3.33. The summed E-state index contributed by atoms with van der Waals surface area (Å²) in [5, 5.41) is 10.2. The van der Waals surface area contributed by atoms with E-state index in [2.05, 4.69) is 28.4 Å². The van der Waals surface area contributed by atoms with Crippen LogP contribution in [-0.4, -0.2) is 52.7 Å². The Morgan fingerprint density at radius 2 is 1.85 bits per heavy atom. The van der Waals surface area contributed by atoms with E-state index < -0.39 is 5.60 Å². The van der Waals surface area contributed by atoms with Crippen molar-refractivity contribution in [2.45, 2.75) is 51.2 Å². The fraction of sp³-hybridized carbons (Fsp3) is 0.706. The summed E-state index contributed by atoms with van der Waals surface area (Å²) in [7, 11) is 0. The highest BCUT2D eigenvalue weighted by Gasteiger charge is 2.29. The molecule has 2 fully saturated rings. The van der Waals surface area contributed by atoms with Gasteiger partial charge in [-0.05, 0) is 44.8 Å². The van der Waals surface area contributed by atoms with Crippen molar-refractivity contribution in [3.8, 4) is 0 Å². The predicted molar refractivity (Wildman–Crippen MR) is 82.2 cm³/mol. The zero-order valence-corrected chi connectivity index (χ0v) is 12.8. The molecule has 0 aromatic carbocycles. The molecule has 3 aliphatic rings. The zero-order chi connectivity index (χ0) is 14.2. The average molecular weight is 275 g/mol. The van der Waals surface area contributed by atoms with Gasteiger partial charge in [0, 0.05) is 44.3 Å². The first-order chi connectivity index (χ1) is 9.54. The van der Waals surface area contributed by atoms with Crippen molar-refractivity contribution in [3.05, 3.63) is 29.8 Å². The molecule has 1 saturated heterocycles. The number of allylic oxidation sites excluding steroid dienone is 2. The van der Waals surface area contributed by atoms with E-state index in [0.29, 0.717) is 0 Å². The Morgan fingerprint density at radius 1 is 1.15 bits per heavy atom. The monoisotopic (exact) mass is 275 g/mol. The van der Waals surface area contributed by atoms with Crippen LogP contribution in [0.5, 0.6) is 0 Å². The van der Waals surface area contributed by atoms with E-state index in [-0.39, 0.29) is 0 Å². The van der Waals surface area contributed by atoms with Gasteiger partial charge in [0.2, 0.25) is 0 Å². The first-order valence-corrected chi connectivity index (χ1v) is 8.01. The van der Waals surface area contributed by atoms with Gasteiger partial charge in [-0.15, -0.1) is 0 Å². The third kappa shape index (κ3) is 2.94. The summed E-state index contributed by atoms with van der Waals surface area (Å²) >= 11 is 0. The van der Waals surface area contributed by atoms with Crippen LogP contribution in [0.25, 0.3) is 0 Å². The van der Waals surface area contributed by atoms with Gasteiger partial charge in [-0.3, -0.25) is 4.90 Å². The van der Waals surface area contributed by atoms with Crippen LogP contribution in [0.2, 0.25) is 0 Å². The number of aliphatic hydroxyl groups is 1. The SMILES string of the molecule is CC(C)(O)C1=CC[CH]C(N2CCN(C3CCC3)CC2)=C1. The van der Waals surface area contributed by atoms with Crippen molar-refractivity contribution >= 4 is 0 Å². The van der Waals surface area contributed by atoms with E-state index in [1.165, 1.54) is 38.0 Å². The molecular weight excluding hydrogens is 248 g/mol. The van der Waals surface area contributed by atoms with E-state index >= 15 is 0 Å². The molecule has 0 spiro atoms. The number of rotatable bonds is 3. The van der Waals surface area contributed by atoms with Gasteiger partial charge in [-0.1, -0.05) is 12.5 Å². The van der Waals surface area contributed by atoms with Gasteiger partial charge in [0.25, 0.3) is 0 Å².